The summed E-state index contributed by atoms with van der Waals surface area (Å²) < 4.78 is 32.6. The average molecular weight is 431 g/mol. The van der Waals surface area contributed by atoms with Crippen molar-refractivity contribution in [3.8, 4) is 5.75 Å². The number of aliphatic hydroxyl groups is 1. The van der Waals surface area contributed by atoms with Crippen LogP contribution in [0, 0.1) is 0 Å². The van der Waals surface area contributed by atoms with Crippen LogP contribution in [0.4, 0.5) is 8.78 Å². The van der Waals surface area contributed by atoms with Crippen LogP contribution in [0.15, 0.2) is 35.2 Å². The summed E-state index contributed by atoms with van der Waals surface area (Å²) in [5.41, 5.74) is 2.27. The number of imidazole rings is 1. The SMILES string of the molecule is O[C@H]1C[C@@H](c2cc(Cl)ccc2OC(F)F)c2c1nc1cnc(Br)cn21. The largest absolute Gasteiger partial charge is 0.435 e. The van der Waals surface area contributed by atoms with Crippen LogP contribution in [0.3, 0.4) is 0 Å². The fraction of sp³-hybridized carbons (Fsp3) is 0.250. The second kappa shape index (κ2) is 6.19. The minimum Gasteiger partial charge on any atom is -0.435 e. The highest BCUT2D eigenvalue weighted by atomic mass is 79.9. The van der Waals surface area contributed by atoms with Gasteiger partial charge in [0.25, 0.3) is 0 Å². The Morgan fingerprint density at radius 3 is 2.96 bits per heavy atom. The van der Waals surface area contributed by atoms with Gasteiger partial charge in [0.15, 0.2) is 5.65 Å². The molecule has 25 heavy (non-hydrogen) atoms. The molecule has 0 aliphatic heterocycles. The Morgan fingerprint density at radius 1 is 1.40 bits per heavy atom. The normalized spacial score (nSPS) is 19.6. The zero-order valence-corrected chi connectivity index (χ0v) is 14.9. The average Bonchev–Trinajstić information content (AvgIpc) is 3.07. The van der Waals surface area contributed by atoms with E-state index >= 15 is 0 Å². The third-order valence-electron chi connectivity index (χ3n) is 4.21. The van der Waals surface area contributed by atoms with Crippen molar-refractivity contribution < 1.29 is 18.6 Å². The lowest BCUT2D eigenvalue weighted by Crippen LogP contribution is -2.08. The Labute approximate surface area is 154 Å². The Bertz CT molecular complexity index is 966. The monoisotopic (exact) mass is 429 g/mol. The Morgan fingerprint density at radius 2 is 2.20 bits per heavy atom. The molecule has 0 unspecified atom stereocenters. The molecule has 130 valence electrons. The van der Waals surface area contributed by atoms with Gasteiger partial charge in [0.2, 0.25) is 0 Å². The molecular formula is C16H11BrClF2N3O2. The predicted molar refractivity (Wildman–Crippen MR) is 90.2 cm³/mol. The lowest BCUT2D eigenvalue weighted by molar-refractivity contribution is -0.0505. The number of nitrogens with zero attached hydrogens (tertiary/aromatic N) is 3. The number of alkyl halides is 2. The molecule has 1 aliphatic rings. The summed E-state index contributed by atoms with van der Waals surface area (Å²) in [6, 6.07) is 4.49. The maximum absolute atomic E-state index is 12.8. The highest BCUT2D eigenvalue weighted by molar-refractivity contribution is 9.10. The molecule has 2 heterocycles. The number of hydrogen-bond acceptors (Lipinski definition) is 4. The fourth-order valence-corrected chi connectivity index (χ4v) is 3.76. The summed E-state index contributed by atoms with van der Waals surface area (Å²) in [5.74, 6) is -0.353. The first-order valence-electron chi connectivity index (χ1n) is 7.39. The van der Waals surface area contributed by atoms with Crippen LogP contribution in [0.1, 0.15) is 35.4 Å². The van der Waals surface area contributed by atoms with E-state index in [1.165, 1.54) is 12.1 Å². The number of ether oxygens (including phenoxy) is 1. The molecule has 0 amide bonds. The van der Waals surface area contributed by atoms with E-state index < -0.39 is 12.7 Å². The molecule has 5 nitrogen and oxygen atoms in total. The first kappa shape index (κ1) is 16.7. The van der Waals surface area contributed by atoms with Gasteiger partial charge in [-0.15, -0.1) is 0 Å². The number of aliphatic hydroxyl groups excluding tert-OH is 1. The Kier molecular flexibility index (Phi) is 4.13. The molecule has 9 heteroatoms. The van der Waals surface area contributed by atoms with Gasteiger partial charge >= 0.3 is 6.61 Å². The van der Waals surface area contributed by atoms with Crippen molar-refractivity contribution in [1.29, 1.82) is 0 Å². The molecule has 0 bridgehead atoms. The number of fused-ring (bicyclic) bond motifs is 3. The third kappa shape index (κ3) is 2.88. The topological polar surface area (TPSA) is 59.7 Å². The summed E-state index contributed by atoms with van der Waals surface area (Å²) >= 11 is 9.38. The first-order valence-corrected chi connectivity index (χ1v) is 8.57. The molecule has 2 aromatic heterocycles. The van der Waals surface area contributed by atoms with Crippen LogP contribution < -0.4 is 4.74 Å². The number of halogens is 4. The molecule has 3 aromatic rings. The van der Waals surface area contributed by atoms with Gasteiger partial charge < -0.3 is 9.84 Å². The number of benzene rings is 1. The summed E-state index contributed by atoms with van der Waals surface area (Å²) in [6.07, 6.45) is 2.79. The highest BCUT2D eigenvalue weighted by Crippen LogP contribution is 2.47. The second-order valence-electron chi connectivity index (χ2n) is 5.69. The number of aromatic nitrogens is 3. The number of rotatable bonds is 3. The van der Waals surface area contributed by atoms with Crippen LogP contribution in [0.2, 0.25) is 5.02 Å². The van der Waals surface area contributed by atoms with Crippen molar-refractivity contribution in [1.82, 2.24) is 14.4 Å². The molecule has 0 saturated carbocycles. The van der Waals surface area contributed by atoms with Gasteiger partial charge in [-0.25, -0.2) is 9.97 Å². The van der Waals surface area contributed by atoms with E-state index in [2.05, 4.69) is 30.6 Å². The molecule has 1 N–H and O–H groups in total. The van der Waals surface area contributed by atoms with Crippen LogP contribution in [0.25, 0.3) is 5.65 Å². The lowest BCUT2D eigenvalue weighted by atomic mass is 9.95. The van der Waals surface area contributed by atoms with Crippen LogP contribution in [-0.2, 0) is 0 Å². The molecule has 1 aromatic carbocycles. The third-order valence-corrected chi connectivity index (χ3v) is 4.86. The molecule has 4 rings (SSSR count). The van der Waals surface area contributed by atoms with Gasteiger partial charge in [-0.2, -0.15) is 8.78 Å². The van der Waals surface area contributed by atoms with E-state index in [9.17, 15) is 13.9 Å². The van der Waals surface area contributed by atoms with Crippen molar-refractivity contribution in [2.45, 2.75) is 25.1 Å². The minimum atomic E-state index is -2.95. The predicted octanol–water partition coefficient (Wildman–Crippen LogP) is 4.32. The molecular weight excluding hydrogens is 420 g/mol. The smallest absolute Gasteiger partial charge is 0.387 e. The van der Waals surface area contributed by atoms with E-state index in [1.807, 2.05) is 0 Å². The van der Waals surface area contributed by atoms with Gasteiger partial charge in [-0.05, 0) is 40.5 Å². The van der Waals surface area contributed by atoms with Gasteiger partial charge in [0.05, 0.1) is 23.7 Å². The van der Waals surface area contributed by atoms with Crippen molar-refractivity contribution in [3.63, 3.8) is 0 Å². The van der Waals surface area contributed by atoms with Gasteiger partial charge in [-0.3, -0.25) is 4.40 Å². The summed E-state index contributed by atoms with van der Waals surface area (Å²) in [7, 11) is 0. The maximum Gasteiger partial charge on any atom is 0.387 e. The van der Waals surface area contributed by atoms with E-state index in [0.717, 1.165) is 0 Å². The van der Waals surface area contributed by atoms with Crippen molar-refractivity contribution in [2.24, 2.45) is 0 Å². The second-order valence-corrected chi connectivity index (χ2v) is 6.93. The van der Waals surface area contributed by atoms with Crippen molar-refractivity contribution >= 4 is 33.2 Å². The maximum atomic E-state index is 12.8. The fourth-order valence-electron chi connectivity index (χ4n) is 3.27. The van der Waals surface area contributed by atoms with E-state index in [-0.39, 0.29) is 11.7 Å². The molecule has 1 aliphatic carbocycles. The molecule has 0 fully saturated rings. The zero-order valence-electron chi connectivity index (χ0n) is 12.5. The van der Waals surface area contributed by atoms with Crippen LogP contribution >= 0.6 is 27.5 Å². The summed E-state index contributed by atoms with van der Waals surface area (Å²) in [5, 5.41) is 10.8. The number of hydrogen-bond donors (Lipinski definition) is 1. The molecule has 0 radical (unpaired) electrons. The summed E-state index contributed by atoms with van der Waals surface area (Å²) in [4.78, 5) is 8.53. The molecule has 0 spiro atoms. The zero-order chi connectivity index (χ0) is 17.7. The summed E-state index contributed by atoms with van der Waals surface area (Å²) in [6.45, 7) is -2.95. The first-order chi connectivity index (χ1) is 11.9. The van der Waals surface area contributed by atoms with E-state index in [0.29, 0.717) is 38.6 Å². The van der Waals surface area contributed by atoms with Crippen molar-refractivity contribution in [3.05, 3.63) is 57.2 Å². The molecule has 2 atom stereocenters. The van der Waals surface area contributed by atoms with E-state index in [1.54, 1.807) is 22.9 Å². The van der Waals surface area contributed by atoms with Gasteiger partial charge in [-0.1, -0.05) is 11.6 Å². The minimum absolute atomic E-state index is 0.0347. The van der Waals surface area contributed by atoms with Crippen LogP contribution in [0.5, 0.6) is 5.75 Å². The van der Waals surface area contributed by atoms with E-state index in [4.69, 9.17) is 11.6 Å². The quantitative estimate of drug-likeness (QED) is 0.672. The van der Waals surface area contributed by atoms with Gasteiger partial charge in [0.1, 0.15) is 10.4 Å². The van der Waals surface area contributed by atoms with Crippen LogP contribution in [-0.4, -0.2) is 26.1 Å². The highest BCUT2D eigenvalue weighted by Gasteiger charge is 2.37. The Hall–Kier alpha value is -1.77. The standard InChI is InChI=1S/C16H11BrClF2N3O2/c17-12-6-23-13(5-21-12)22-14-10(24)4-9(15(14)23)8-3-7(18)1-2-11(8)25-16(19)20/h1-3,5-6,9-10,16,24H,4H2/t9-,10-/m0/s1. The molecule has 0 saturated heterocycles. The van der Waals surface area contributed by atoms with Gasteiger partial charge in [0, 0.05) is 22.7 Å². The Balaban J connectivity index is 1.91. The lowest BCUT2D eigenvalue weighted by Gasteiger charge is -2.17. The van der Waals surface area contributed by atoms with Crippen molar-refractivity contribution in [2.75, 3.05) is 0 Å².